The first-order chi connectivity index (χ1) is 48.2. The third-order valence-corrected chi connectivity index (χ3v) is 20.2. The quantitative estimate of drug-likeness (QED) is 0.0169. The van der Waals surface area contributed by atoms with Gasteiger partial charge in [0.1, 0.15) is 19.3 Å². The van der Waals surface area contributed by atoms with Crippen LogP contribution in [0.3, 0.4) is 0 Å². The Morgan fingerprint density at radius 3 is 0.810 bits per heavy atom. The Balaban J connectivity index is 5.25. The van der Waals surface area contributed by atoms with E-state index in [4.69, 9.17) is 37.0 Å². The number of carbonyl (C=O) groups is 4. The predicted octanol–water partition coefficient (Wildman–Crippen LogP) is 23.7. The van der Waals surface area contributed by atoms with E-state index in [9.17, 15) is 43.2 Å². The first-order valence-electron chi connectivity index (χ1n) is 41.2. The lowest BCUT2D eigenvalue weighted by atomic mass is 10.0. The molecule has 0 spiro atoms. The van der Waals surface area contributed by atoms with Gasteiger partial charge < -0.3 is 33.8 Å². The van der Waals surface area contributed by atoms with Gasteiger partial charge in [-0.3, -0.25) is 37.3 Å². The molecule has 3 N–H and O–H groups in total. The predicted molar refractivity (Wildman–Crippen MR) is 409 cm³/mol. The highest BCUT2D eigenvalue weighted by Crippen LogP contribution is 2.45. The number of phosphoric acid groups is 2. The first kappa shape index (κ1) is 97.5. The number of aliphatic hydroxyl groups excluding tert-OH is 1. The Hall–Kier alpha value is -2.46. The maximum absolute atomic E-state index is 13.1. The van der Waals surface area contributed by atoms with Gasteiger partial charge >= 0.3 is 39.5 Å². The van der Waals surface area contributed by atoms with E-state index in [-0.39, 0.29) is 25.7 Å². The average molecular weight is 1460 g/mol. The van der Waals surface area contributed by atoms with Gasteiger partial charge in [0, 0.05) is 25.7 Å². The molecule has 0 aliphatic heterocycles. The third kappa shape index (κ3) is 73.8. The highest BCUT2D eigenvalue weighted by molar-refractivity contribution is 7.47. The van der Waals surface area contributed by atoms with Gasteiger partial charge in [-0.05, 0) is 69.1 Å². The minimum Gasteiger partial charge on any atom is -0.462 e. The van der Waals surface area contributed by atoms with Crippen molar-refractivity contribution in [3.63, 3.8) is 0 Å². The van der Waals surface area contributed by atoms with Crippen molar-refractivity contribution < 1.29 is 80.2 Å². The van der Waals surface area contributed by atoms with Crippen LogP contribution in [0.25, 0.3) is 0 Å². The molecule has 0 aliphatic carbocycles. The highest BCUT2D eigenvalue weighted by atomic mass is 31.2. The largest absolute Gasteiger partial charge is 0.472 e. The van der Waals surface area contributed by atoms with E-state index in [1.165, 1.54) is 180 Å². The summed E-state index contributed by atoms with van der Waals surface area (Å²) in [5.41, 5.74) is 0. The molecule has 0 heterocycles. The molecule has 0 aromatic rings. The van der Waals surface area contributed by atoms with Crippen LogP contribution in [0, 0.1) is 17.8 Å². The molecule has 0 aliphatic rings. The number of phosphoric ester groups is 2. The molecule has 0 saturated heterocycles. The van der Waals surface area contributed by atoms with Crippen LogP contribution in [0.5, 0.6) is 0 Å². The van der Waals surface area contributed by atoms with Crippen molar-refractivity contribution >= 4 is 39.5 Å². The maximum atomic E-state index is 13.1. The molecule has 5 atom stereocenters. The van der Waals surface area contributed by atoms with Crippen LogP contribution in [0.1, 0.15) is 395 Å². The van der Waals surface area contributed by atoms with Gasteiger partial charge in [-0.2, -0.15) is 0 Å². The summed E-state index contributed by atoms with van der Waals surface area (Å²) < 4.78 is 68.6. The number of unbranched alkanes of at least 4 members (excludes halogenated alkanes) is 42. The van der Waals surface area contributed by atoms with E-state index in [0.29, 0.717) is 31.6 Å². The summed E-state index contributed by atoms with van der Waals surface area (Å²) in [6.45, 7) is 11.8. The van der Waals surface area contributed by atoms with Crippen molar-refractivity contribution in [2.75, 3.05) is 39.6 Å². The zero-order valence-corrected chi connectivity index (χ0v) is 66.9. The lowest BCUT2D eigenvalue weighted by Crippen LogP contribution is -2.30. The van der Waals surface area contributed by atoms with Gasteiger partial charge in [0.15, 0.2) is 12.2 Å². The fraction of sp³-hybridized carbons (Fsp3) is 0.901. The minimum atomic E-state index is -4.97. The summed E-state index contributed by atoms with van der Waals surface area (Å²) >= 11 is 0. The van der Waals surface area contributed by atoms with Crippen molar-refractivity contribution in [1.82, 2.24) is 0 Å². The van der Waals surface area contributed by atoms with Crippen molar-refractivity contribution in [2.24, 2.45) is 17.8 Å². The van der Waals surface area contributed by atoms with Gasteiger partial charge in [-0.1, -0.05) is 342 Å². The van der Waals surface area contributed by atoms with Gasteiger partial charge in [-0.15, -0.1) is 0 Å². The minimum absolute atomic E-state index is 0.100. The van der Waals surface area contributed by atoms with Crippen LogP contribution in [0.2, 0.25) is 0 Å². The number of aliphatic hydroxyl groups is 1. The average Bonchev–Trinajstić information content (AvgIpc) is 0.926. The Bertz CT molecular complexity index is 2030. The smallest absolute Gasteiger partial charge is 0.462 e. The van der Waals surface area contributed by atoms with E-state index in [0.717, 1.165) is 127 Å². The maximum Gasteiger partial charge on any atom is 0.472 e. The standard InChI is InChI=1S/C81H154O17P2/c1-8-9-10-11-12-13-14-15-18-25-30-35-40-48-55-62-78(83)91-68-76(97-80(85)64-58-51-42-37-32-27-22-21-24-29-34-39-46-53-60-73(4)5)70-95-99(87,88)93-66-75(82)67-94-100(89,90)96-71-77(69-92-79(84)63-56-49-44-43-47-54-61-74(6)7)98-81(86)65-57-50-41-36-31-26-20-17-16-19-23-28-33-38-45-52-59-72(2)3/h13-15,18,72-77,82H,8-12,16-17,19-71H2,1-7H3,(H,87,88)(H,89,90)/b14-13-,18-15-/t75?,76-,77-/m1/s1. The van der Waals surface area contributed by atoms with E-state index in [1.54, 1.807) is 0 Å². The monoisotopic (exact) mass is 1460 g/mol. The molecule has 0 aromatic carbocycles. The summed E-state index contributed by atoms with van der Waals surface area (Å²) in [5, 5.41) is 10.6. The molecule has 3 unspecified atom stereocenters. The van der Waals surface area contributed by atoms with E-state index in [1.807, 2.05) is 0 Å². The van der Waals surface area contributed by atoms with Crippen molar-refractivity contribution in [1.29, 1.82) is 0 Å². The third-order valence-electron chi connectivity index (χ3n) is 18.3. The molecule has 0 aromatic heterocycles. The Kier molecular flexibility index (Phi) is 69.1. The Labute approximate surface area is 612 Å². The summed E-state index contributed by atoms with van der Waals surface area (Å²) in [5.74, 6) is 0.135. The molecule has 17 nitrogen and oxygen atoms in total. The van der Waals surface area contributed by atoms with E-state index >= 15 is 0 Å². The van der Waals surface area contributed by atoms with Crippen molar-refractivity contribution in [3.8, 4) is 0 Å². The van der Waals surface area contributed by atoms with Gasteiger partial charge in [0.25, 0.3) is 0 Å². The van der Waals surface area contributed by atoms with Crippen molar-refractivity contribution in [2.45, 2.75) is 414 Å². The van der Waals surface area contributed by atoms with Crippen LogP contribution in [0.4, 0.5) is 0 Å². The van der Waals surface area contributed by atoms with Crippen LogP contribution in [0.15, 0.2) is 24.3 Å². The topological polar surface area (TPSA) is 237 Å². The van der Waals surface area contributed by atoms with Crippen LogP contribution in [-0.2, 0) is 65.4 Å². The molecular weight excluding hydrogens is 1310 g/mol. The van der Waals surface area contributed by atoms with Crippen LogP contribution >= 0.6 is 15.6 Å². The zero-order valence-electron chi connectivity index (χ0n) is 65.2. The molecule has 0 saturated carbocycles. The first-order valence-corrected chi connectivity index (χ1v) is 44.2. The molecule has 590 valence electrons. The van der Waals surface area contributed by atoms with Crippen molar-refractivity contribution in [3.05, 3.63) is 24.3 Å². The second-order valence-corrected chi connectivity index (χ2v) is 32.8. The summed E-state index contributed by atoms with van der Waals surface area (Å²) in [6.07, 6.45) is 62.0. The molecule has 0 amide bonds. The molecule has 0 rings (SSSR count). The summed E-state index contributed by atoms with van der Waals surface area (Å²) in [7, 11) is -9.93. The van der Waals surface area contributed by atoms with E-state index in [2.05, 4.69) is 72.8 Å². The normalized spacial score (nSPS) is 14.1. The van der Waals surface area contributed by atoms with Crippen LogP contribution < -0.4 is 0 Å². The Morgan fingerprint density at radius 2 is 0.540 bits per heavy atom. The SMILES string of the molecule is CCCCCC/C=C\C=C/CCCCCCCC(=O)OC[C@H](COP(=O)(O)OCC(O)COP(=O)(O)OC[C@@H](COC(=O)CCCCCCCCC(C)C)OC(=O)CCCCCCCCCCCCCCCCCCC(C)C)OC(=O)CCCCCCCCCCCCCCCCC(C)C. The Morgan fingerprint density at radius 1 is 0.310 bits per heavy atom. The van der Waals surface area contributed by atoms with Gasteiger partial charge in [0.2, 0.25) is 0 Å². The number of hydrogen-bond acceptors (Lipinski definition) is 15. The molecule has 100 heavy (non-hydrogen) atoms. The fourth-order valence-electron chi connectivity index (χ4n) is 11.9. The fourth-order valence-corrected chi connectivity index (χ4v) is 13.5. The van der Waals surface area contributed by atoms with Gasteiger partial charge in [0.05, 0.1) is 26.4 Å². The van der Waals surface area contributed by atoms with Crippen LogP contribution in [-0.4, -0.2) is 96.7 Å². The lowest BCUT2D eigenvalue weighted by Gasteiger charge is -2.21. The number of rotatable bonds is 77. The molecule has 0 fully saturated rings. The summed E-state index contributed by atoms with van der Waals surface area (Å²) in [6, 6.07) is 0. The second kappa shape index (κ2) is 70.8. The van der Waals surface area contributed by atoms with E-state index < -0.39 is 97.5 Å². The highest BCUT2D eigenvalue weighted by Gasteiger charge is 2.30. The molecule has 19 heteroatoms. The molecular formula is C81H154O17P2. The number of carbonyl (C=O) groups excluding carboxylic acids is 4. The number of esters is 4. The summed E-state index contributed by atoms with van der Waals surface area (Å²) in [4.78, 5) is 73.0. The number of ether oxygens (including phenoxy) is 4. The second-order valence-electron chi connectivity index (χ2n) is 29.9. The molecule has 0 radical (unpaired) electrons. The number of allylic oxidation sites excluding steroid dienone is 4. The number of hydrogen-bond donors (Lipinski definition) is 3. The molecule has 0 bridgehead atoms. The lowest BCUT2D eigenvalue weighted by molar-refractivity contribution is -0.161. The zero-order chi connectivity index (χ0) is 73.7. The van der Waals surface area contributed by atoms with Gasteiger partial charge in [-0.25, -0.2) is 9.13 Å².